The highest BCUT2D eigenvalue weighted by Gasteiger charge is 2.51. The average molecular weight is 756 g/mol. The van der Waals surface area contributed by atoms with Gasteiger partial charge in [0.1, 0.15) is 11.5 Å². The number of hydrogen-bond donors (Lipinski definition) is 0. The summed E-state index contributed by atoms with van der Waals surface area (Å²) in [6.45, 7) is 0. The van der Waals surface area contributed by atoms with E-state index in [1.165, 1.54) is 97.6 Å². The lowest BCUT2D eigenvalue weighted by Gasteiger charge is -2.39. The molecule has 270 valence electrons. The average Bonchev–Trinajstić information content (AvgIpc) is 3.92. The molecule has 58 heavy (non-hydrogen) atoms. The first-order chi connectivity index (χ1) is 28.8. The maximum absolute atomic E-state index is 6.64. The molecular formula is C55H33NOS. The van der Waals surface area contributed by atoms with Gasteiger partial charge in [-0.15, -0.1) is 11.3 Å². The molecule has 2 aliphatic rings. The zero-order valence-electron chi connectivity index (χ0n) is 31.3. The Morgan fingerprint density at radius 2 is 1.02 bits per heavy atom. The number of fused-ring (bicyclic) bond motifs is 15. The minimum absolute atomic E-state index is 0.535. The third-order valence-corrected chi connectivity index (χ3v) is 13.9. The van der Waals surface area contributed by atoms with Crippen LogP contribution in [0, 0.1) is 0 Å². The Morgan fingerprint density at radius 3 is 1.86 bits per heavy atom. The third-order valence-electron chi connectivity index (χ3n) is 12.7. The second-order valence-corrected chi connectivity index (χ2v) is 16.6. The second-order valence-electron chi connectivity index (χ2n) is 15.6. The van der Waals surface area contributed by atoms with Crippen LogP contribution in [0.2, 0.25) is 0 Å². The van der Waals surface area contributed by atoms with E-state index in [0.29, 0.717) is 0 Å². The molecule has 0 fully saturated rings. The van der Waals surface area contributed by atoms with E-state index >= 15 is 0 Å². The summed E-state index contributed by atoms with van der Waals surface area (Å²) in [5.74, 6) is 1.81. The topological polar surface area (TPSA) is 14.2 Å². The zero-order valence-corrected chi connectivity index (χ0v) is 32.1. The first-order valence-corrected chi connectivity index (χ1v) is 20.7. The summed E-state index contributed by atoms with van der Waals surface area (Å²) in [5, 5.41) is 5.13. The normalized spacial score (nSPS) is 13.4. The fraction of sp³-hybridized carbons (Fsp3) is 0.0182. The highest BCUT2D eigenvalue weighted by Crippen LogP contribution is 2.62. The van der Waals surface area contributed by atoms with Crippen LogP contribution >= 0.6 is 11.3 Å². The van der Waals surface area contributed by atoms with Crippen LogP contribution in [-0.2, 0) is 5.41 Å². The molecule has 13 rings (SSSR count). The summed E-state index contributed by atoms with van der Waals surface area (Å²) in [5.41, 5.74) is 15.4. The van der Waals surface area contributed by atoms with Gasteiger partial charge in [0.25, 0.3) is 0 Å². The molecule has 1 aliphatic heterocycles. The number of aromatic nitrogens is 1. The molecule has 1 aliphatic carbocycles. The van der Waals surface area contributed by atoms with E-state index in [9.17, 15) is 0 Å². The number of para-hydroxylation sites is 3. The van der Waals surface area contributed by atoms with Gasteiger partial charge < -0.3 is 9.30 Å². The molecule has 0 atom stereocenters. The van der Waals surface area contributed by atoms with Crippen molar-refractivity contribution in [1.82, 2.24) is 4.57 Å². The van der Waals surface area contributed by atoms with Crippen LogP contribution in [-0.4, -0.2) is 4.57 Å². The lowest BCUT2D eigenvalue weighted by Crippen LogP contribution is -2.32. The van der Waals surface area contributed by atoms with E-state index in [2.05, 4.69) is 205 Å². The number of thiophene rings is 1. The van der Waals surface area contributed by atoms with Gasteiger partial charge in [-0.2, -0.15) is 0 Å². The Bertz CT molecular complexity index is 3450. The van der Waals surface area contributed by atoms with E-state index in [0.717, 1.165) is 17.2 Å². The summed E-state index contributed by atoms with van der Waals surface area (Å²) in [6, 6.07) is 73.6. The maximum Gasteiger partial charge on any atom is 0.132 e. The number of benzene rings is 9. The van der Waals surface area contributed by atoms with Crippen molar-refractivity contribution in [3.63, 3.8) is 0 Å². The number of ether oxygens (including phenoxy) is 1. The summed E-state index contributed by atoms with van der Waals surface area (Å²) in [6.07, 6.45) is 0. The molecule has 9 aromatic carbocycles. The first kappa shape index (κ1) is 31.9. The number of hydrogen-bond acceptors (Lipinski definition) is 2. The van der Waals surface area contributed by atoms with Gasteiger partial charge in [-0.1, -0.05) is 140 Å². The lowest BCUT2D eigenvalue weighted by atomic mass is 9.66. The number of nitrogens with zero attached hydrogens (tertiary/aromatic N) is 1. The Kier molecular flexibility index (Phi) is 6.56. The van der Waals surface area contributed by atoms with Gasteiger partial charge in [0, 0.05) is 47.8 Å². The Morgan fingerprint density at radius 1 is 0.379 bits per heavy atom. The van der Waals surface area contributed by atoms with Crippen LogP contribution in [0.15, 0.2) is 200 Å². The van der Waals surface area contributed by atoms with Crippen molar-refractivity contribution in [3.05, 3.63) is 222 Å². The molecule has 0 amide bonds. The quantitative estimate of drug-likeness (QED) is 0.175. The smallest absolute Gasteiger partial charge is 0.132 e. The summed E-state index contributed by atoms with van der Waals surface area (Å²) in [7, 11) is 0. The molecule has 1 spiro atoms. The molecule has 0 N–H and O–H groups in total. The van der Waals surface area contributed by atoms with Gasteiger partial charge in [0.15, 0.2) is 0 Å². The summed E-state index contributed by atoms with van der Waals surface area (Å²) < 4.78 is 11.8. The van der Waals surface area contributed by atoms with E-state index < -0.39 is 5.41 Å². The van der Waals surface area contributed by atoms with Crippen LogP contribution in [0.4, 0.5) is 0 Å². The Labute approximate surface area is 339 Å². The Balaban J connectivity index is 1.07. The largest absolute Gasteiger partial charge is 0.457 e. The molecule has 0 bridgehead atoms. The SMILES string of the molecule is c1ccc(-n2c3ccc(-c4cccc(-c5cccc6c5sc5ccccc56)c4)cc3c3cc4c(cc32)C2(c3ccccc3Oc3ccccc32)c2ccccc2-4)cc1. The van der Waals surface area contributed by atoms with Gasteiger partial charge >= 0.3 is 0 Å². The van der Waals surface area contributed by atoms with Crippen molar-refractivity contribution in [1.29, 1.82) is 0 Å². The summed E-state index contributed by atoms with van der Waals surface area (Å²) in [4.78, 5) is 0. The Hall–Kier alpha value is -7.20. The minimum Gasteiger partial charge on any atom is -0.457 e. The highest BCUT2D eigenvalue weighted by molar-refractivity contribution is 7.26. The molecule has 0 radical (unpaired) electrons. The molecule has 0 saturated heterocycles. The van der Waals surface area contributed by atoms with Gasteiger partial charge in [-0.25, -0.2) is 0 Å². The van der Waals surface area contributed by atoms with Crippen LogP contribution in [0.5, 0.6) is 11.5 Å². The summed E-state index contributed by atoms with van der Waals surface area (Å²) >= 11 is 1.88. The van der Waals surface area contributed by atoms with E-state index in [1.54, 1.807) is 0 Å². The molecule has 3 heterocycles. The van der Waals surface area contributed by atoms with Crippen LogP contribution in [0.1, 0.15) is 22.3 Å². The highest BCUT2D eigenvalue weighted by atomic mass is 32.1. The van der Waals surface area contributed by atoms with Crippen molar-refractivity contribution in [2.75, 3.05) is 0 Å². The molecule has 3 heteroatoms. The van der Waals surface area contributed by atoms with Gasteiger partial charge in [-0.3, -0.25) is 0 Å². The van der Waals surface area contributed by atoms with Gasteiger partial charge in [-0.05, 0) is 105 Å². The van der Waals surface area contributed by atoms with Gasteiger partial charge in [0.05, 0.1) is 16.4 Å². The van der Waals surface area contributed by atoms with Crippen molar-refractivity contribution >= 4 is 53.3 Å². The second kappa shape index (κ2) is 11.9. The molecule has 0 saturated carbocycles. The first-order valence-electron chi connectivity index (χ1n) is 19.9. The predicted octanol–water partition coefficient (Wildman–Crippen LogP) is 15.0. The third kappa shape index (κ3) is 4.26. The van der Waals surface area contributed by atoms with Crippen LogP contribution < -0.4 is 4.74 Å². The van der Waals surface area contributed by atoms with Gasteiger partial charge in [0.2, 0.25) is 0 Å². The fourth-order valence-corrected chi connectivity index (χ4v) is 11.5. The van der Waals surface area contributed by atoms with Crippen LogP contribution in [0.25, 0.3) is 81.0 Å². The monoisotopic (exact) mass is 755 g/mol. The maximum atomic E-state index is 6.64. The molecule has 0 unspecified atom stereocenters. The van der Waals surface area contributed by atoms with E-state index in [-0.39, 0.29) is 0 Å². The van der Waals surface area contributed by atoms with Crippen molar-refractivity contribution in [2.45, 2.75) is 5.41 Å². The molecule has 2 nitrogen and oxygen atoms in total. The standard InChI is InChI=1S/C55H33NOS/c1-2-16-37(17-3-1)56-49-29-28-35(34-14-12-15-36(30-34)38-20-13-21-41-40-19-5-11-27-53(40)58-54(38)41)31-43(49)44-32-42-39-18-4-6-22-45(39)55(48(42)33-50(44)56)46-23-7-9-25-51(46)57-52-26-10-8-24-47(52)55/h1-33H. The van der Waals surface area contributed by atoms with Crippen molar-refractivity contribution in [3.8, 4) is 50.6 Å². The number of rotatable bonds is 3. The molecule has 2 aromatic heterocycles. The van der Waals surface area contributed by atoms with Crippen molar-refractivity contribution in [2.24, 2.45) is 0 Å². The van der Waals surface area contributed by atoms with E-state index in [4.69, 9.17) is 4.74 Å². The van der Waals surface area contributed by atoms with Crippen molar-refractivity contribution < 1.29 is 4.74 Å². The van der Waals surface area contributed by atoms with E-state index in [1.807, 2.05) is 11.3 Å². The zero-order chi connectivity index (χ0) is 38.0. The predicted molar refractivity (Wildman–Crippen MR) is 242 cm³/mol. The molecular weight excluding hydrogens is 723 g/mol. The van der Waals surface area contributed by atoms with Crippen LogP contribution in [0.3, 0.4) is 0 Å². The molecule has 11 aromatic rings. The minimum atomic E-state index is -0.535. The fourth-order valence-electron chi connectivity index (χ4n) is 10.2. The lowest BCUT2D eigenvalue weighted by molar-refractivity contribution is 0.436.